The molecule has 0 radical (unpaired) electrons. The molecule has 0 unspecified atom stereocenters. The summed E-state index contributed by atoms with van der Waals surface area (Å²) in [6.45, 7) is 3.66. The minimum Gasteiger partial charge on any atom is -0.336 e. The first-order valence-corrected chi connectivity index (χ1v) is 7.23. The molecule has 0 saturated heterocycles. The van der Waals surface area contributed by atoms with E-state index in [1.807, 2.05) is 48.6 Å². The van der Waals surface area contributed by atoms with E-state index in [4.69, 9.17) is 0 Å². The van der Waals surface area contributed by atoms with Gasteiger partial charge in [-0.05, 0) is 25.1 Å². The highest BCUT2D eigenvalue weighted by atomic mass is 15.3. The molecule has 0 fully saturated rings. The van der Waals surface area contributed by atoms with Crippen LogP contribution in [0.15, 0.2) is 49.1 Å². The fraction of sp³-hybridized carbons (Fsp3) is 0.250. The molecule has 3 heterocycles. The molecule has 0 bridgehead atoms. The van der Waals surface area contributed by atoms with Crippen molar-refractivity contribution < 1.29 is 0 Å². The molecule has 0 saturated carbocycles. The van der Waals surface area contributed by atoms with E-state index in [0.717, 1.165) is 23.8 Å². The number of hydrogen-bond acceptors (Lipinski definition) is 5. The van der Waals surface area contributed by atoms with Gasteiger partial charge in [0.2, 0.25) is 5.95 Å². The SMILES string of the molecule is CCn1ccnc1CN(C)c1nccc(-c2ccccn2)n1. The predicted molar refractivity (Wildman–Crippen MR) is 85.3 cm³/mol. The Labute approximate surface area is 129 Å². The fourth-order valence-electron chi connectivity index (χ4n) is 2.25. The molecule has 3 aromatic rings. The van der Waals surface area contributed by atoms with Crippen molar-refractivity contribution in [2.45, 2.75) is 20.0 Å². The Morgan fingerprint density at radius 2 is 1.91 bits per heavy atom. The maximum Gasteiger partial charge on any atom is 0.226 e. The molecule has 6 nitrogen and oxygen atoms in total. The topological polar surface area (TPSA) is 59.7 Å². The highest BCUT2D eigenvalue weighted by Gasteiger charge is 2.10. The maximum atomic E-state index is 4.59. The van der Waals surface area contributed by atoms with Crippen LogP contribution in [0.3, 0.4) is 0 Å². The first-order chi connectivity index (χ1) is 10.8. The van der Waals surface area contributed by atoms with Crippen molar-refractivity contribution in [3.63, 3.8) is 0 Å². The molecule has 0 aliphatic heterocycles. The van der Waals surface area contributed by atoms with Crippen molar-refractivity contribution in [2.75, 3.05) is 11.9 Å². The molecule has 3 aromatic heterocycles. The zero-order valence-corrected chi connectivity index (χ0v) is 12.7. The van der Waals surface area contributed by atoms with Crippen molar-refractivity contribution in [1.82, 2.24) is 24.5 Å². The van der Waals surface area contributed by atoms with Crippen LogP contribution in [0.5, 0.6) is 0 Å². The standard InChI is InChI=1S/C16H18N6/c1-3-22-11-10-18-15(22)12-21(2)16-19-9-7-14(20-16)13-6-4-5-8-17-13/h4-11H,3,12H2,1-2H3. The highest BCUT2D eigenvalue weighted by molar-refractivity contribution is 5.55. The second kappa shape index (κ2) is 6.34. The molecule has 0 amide bonds. The second-order valence-corrected chi connectivity index (χ2v) is 4.94. The van der Waals surface area contributed by atoms with E-state index in [2.05, 4.69) is 31.4 Å². The summed E-state index contributed by atoms with van der Waals surface area (Å²) in [7, 11) is 1.96. The van der Waals surface area contributed by atoms with Crippen molar-refractivity contribution in [3.05, 3.63) is 54.9 Å². The number of aromatic nitrogens is 5. The molecule has 0 atom stereocenters. The average molecular weight is 294 g/mol. The van der Waals surface area contributed by atoms with Crippen LogP contribution in [-0.2, 0) is 13.1 Å². The van der Waals surface area contributed by atoms with Gasteiger partial charge in [-0.2, -0.15) is 0 Å². The quantitative estimate of drug-likeness (QED) is 0.723. The Balaban J connectivity index is 1.83. The smallest absolute Gasteiger partial charge is 0.226 e. The predicted octanol–water partition coefficient (Wildman–Crippen LogP) is 2.39. The van der Waals surface area contributed by atoms with E-state index in [-0.39, 0.29) is 0 Å². The van der Waals surface area contributed by atoms with E-state index in [1.165, 1.54) is 0 Å². The molecule has 0 aromatic carbocycles. The summed E-state index contributed by atoms with van der Waals surface area (Å²) in [5, 5.41) is 0. The fourth-order valence-corrected chi connectivity index (χ4v) is 2.25. The van der Waals surface area contributed by atoms with Crippen LogP contribution in [-0.4, -0.2) is 31.6 Å². The lowest BCUT2D eigenvalue weighted by Gasteiger charge is -2.17. The molecule has 22 heavy (non-hydrogen) atoms. The van der Waals surface area contributed by atoms with Crippen LogP contribution >= 0.6 is 0 Å². The van der Waals surface area contributed by atoms with Crippen LogP contribution in [0.25, 0.3) is 11.4 Å². The third-order valence-corrected chi connectivity index (χ3v) is 3.43. The van der Waals surface area contributed by atoms with Gasteiger partial charge in [-0.1, -0.05) is 6.07 Å². The van der Waals surface area contributed by atoms with Gasteiger partial charge in [-0.3, -0.25) is 4.98 Å². The Hall–Kier alpha value is -2.76. The lowest BCUT2D eigenvalue weighted by atomic mass is 10.2. The van der Waals surface area contributed by atoms with Gasteiger partial charge in [0.25, 0.3) is 0 Å². The third kappa shape index (κ3) is 2.95. The first kappa shape index (κ1) is 14.2. The highest BCUT2D eigenvalue weighted by Crippen LogP contribution is 2.16. The van der Waals surface area contributed by atoms with Gasteiger partial charge < -0.3 is 9.47 Å². The van der Waals surface area contributed by atoms with Crippen LogP contribution in [0.2, 0.25) is 0 Å². The molecule has 112 valence electrons. The lowest BCUT2D eigenvalue weighted by Crippen LogP contribution is -2.21. The third-order valence-electron chi connectivity index (χ3n) is 3.43. The van der Waals surface area contributed by atoms with E-state index >= 15 is 0 Å². The van der Waals surface area contributed by atoms with Gasteiger partial charge in [-0.15, -0.1) is 0 Å². The van der Waals surface area contributed by atoms with Crippen LogP contribution in [0.4, 0.5) is 5.95 Å². The molecular weight excluding hydrogens is 276 g/mol. The zero-order chi connectivity index (χ0) is 15.4. The summed E-state index contributed by atoms with van der Waals surface area (Å²) in [4.78, 5) is 19.6. The Morgan fingerprint density at radius 1 is 1.00 bits per heavy atom. The largest absolute Gasteiger partial charge is 0.336 e. The van der Waals surface area contributed by atoms with Crippen molar-refractivity contribution in [1.29, 1.82) is 0 Å². The second-order valence-electron chi connectivity index (χ2n) is 4.94. The number of pyridine rings is 1. The number of nitrogens with zero attached hydrogens (tertiary/aromatic N) is 6. The summed E-state index contributed by atoms with van der Waals surface area (Å²) in [6, 6.07) is 7.65. The number of aryl methyl sites for hydroxylation is 1. The van der Waals surface area contributed by atoms with Gasteiger partial charge >= 0.3 is 0 Å². The molecule has 0 N–H and O–H groups in total. The van der Waals surface area contributed by atoms with E-state index in [1.54, 1.807) is 12.4 Å². The molecule has 3 rings (SSSR count). The van der Waals surface area contributed by atoms with E-state index < -0.39 is 0 Å². The lowest BCUT2D eigenvalue weighted by molar-refractivity contribution is 0.680. The van der Waals surface area contributed by atoms with Gasteiger partial charge in [0.05, 0.1) is 17.9 Å². The number of rotatable bonds is 5. The Kier molecular flexibility index (Phi) is 4.09. The van der Waals surface area contributed by atoms with Gasteiger partial charge in [0.15, 0.2) is 0 Å². The van der Waals surface area contributed by atoms with Gasteiger partial charge in [0, 0.05) is 38.4 Å². The van der Waals surface area contributed by atoms with Crippen molar-refractivity contribution >= 4 is 5.95 Å². The maximum absolute atomic E-state index is 4.59. The monoisotopic (exact) mass is 294 g/mol. The number of imidazole rings is 1. The Bertz CT molecular complexity index is 737. The summed E-state index contributed by atoms with van der Waals surface area (Å²) in [5.74, 6) is 1.66. The Morgan fingerprint density at radius 3 is 2.68 bits per heavy atom. The molecule has 0 aliphatic carbocycles. The van der Waals surface area contributed by atoms with E-state index in [0.29, 0.717) is 12.5 Å². The summed E-state index contributed by atoms with van der Waals surface area (Å²) < 4.78 is 2.11. The van der Waals surface area contributed by atoms with Crippen LogP contribution in [0, 0.1) is 0 Å². The van der Waals surface area contributed by atoms with Crippen molar-refractivity contribution in [3.8, 4) is 11.4 Å². The van der Waals surface area contributed by atoms with Crippen LogP contribution in [0.1, 0.15) is 12.7 Å². The minimum atomic E-state index is 0.659. The average Bonchev–Trinajstić information content (AvgIpc) is 3.03. The normalized spacial score (nSPS) is 10.6. The molecule has 6 heteroatoms. The molecule has 0 aliphatic rings. The van der Waals surface area contributed by atoms with Crippen LogP contribution < -0.4 is 4.90 Å². The molecular formula is C16H18N6. The summed E-state index contributed by atoms with van der Waals surface area (Å²) >= 11 is 0. The first-order valence-electron chi connectivity index (χ1n) is 7.23. The van der Waals surface area contributed by atoms with E-state index in [9.17, 15) is 0 Å². The summed E-state index contributed by atoms with van der Waals surface area (Å²) in [6.07, 6.45) is 7.32. The summed E-state index contributed by atoms with van der Waals surface area (Å²) in [5.41, 5.74) is 1.66. The molecule has 0 spiro atoms. The van der Waals surface area contributed by atoms with Crippen molar-refractivity contribution in [2.24, 2.45) is 0 Å². The zero-order valence-electron chi connectivity index (χ0n) is 12.7. The van der Waals surface area contributed by atoms with Gasteiger partial charge in [0.1, 0.15) is 5.82 Å². The number of anilines is 1. The minimum absolute atomic E-state index is 0.659. The van der Waals surface area contributed by atoms with Gasteiger partial charge in [-0.25, -0.2) is 15.0 Å². The number of hydrogen-bond donors (Lipinski definition) is 0.